The van der Waals surface area contributed by atoms with Crippen molar-refractivity contribution in [1.29, 1.82) is 0 Å². The van der Waals surface area contributed by atoms with Crippen LogP contribution in [0, 0.1) is 6.92 Å². The van der Waals surface area contributed by atoms with Gasteiger partial charge in [0.1, 0.15) is 5.69 Å². The summed E-state index contributed by atoms with van der Waals surface area (Å²) in [6.45, 7) is 2.02. The molecule has 4 nitrogen and oxygen atoms in total. The van der Waals surface area contributed by atoms with Crippen molar-refractivity contribution in [2.45, 2.75) is 6.92 Å². The molecule has 0 radical (unpaired) electrons. The second-order valence-corrected chi connectivity index (χ2v) is 3.11. The number of nitrogens with zero attached hydrogens (tertiary/aromatic N) is 4. The molecular formula is C10H11N4+. The van der Waals surface area contributed by atoms with Crippen LogP contribution in [0.3, 0.4) is 0 Å². The number of hydrogen-bond acceptors (Lipinski definition) is 3. The van der Waals surface area contributed by atoms with Crippen molar-refractivity contribution in [3.05, 3.63) is 36.5 Å². The summed E-state index contributed by atoms with van der Waals surface area (Å²) in [6.07, 6.45) is 5.02. The quantitative estimate of drug-likeness (QED) is 0.616. The standard InChI is InChI=1S/C10H11N4/c1-8-4-3-5-12-9(8)10-13-6-11-7-14(10)2/h3-7H,1-2H3/q+1. The SMILES string of the molecule is Cc1cccnc1-c1ncnc[n+]1C. The third-order valence-electron chi connectivity index (χ3n) is 2.04. The Morgan fingerprint density at radius 1 is 1.29 bits per heavy atom. The third kappa shape index (κ3) is 1.46. The van der Waals surface area contributed by atoms with Gasteiger partial charge in [0.2, 0.25) is 6.33 Å². The van der Waals surface area contributed by atoms with E-state index in [0.717, 1.165) is 17.1 Å². The zero-order chi connectivity index (χ0) is 9.97. The van der Waals surface area contributed by atoms with Crippen molar-refractivity contribution in [1.82, 2.24) is 15.0 Å². The number of aromatic nitrogens is 4. The van der Waals surface area contributed by atoms with Gasteiger partial charge < -0.3 is 0 Å². The summed E-state index contributed by atoms with van der Waals surface area (Å²) in [6, 6.07) is 3.93. The lowest BCUT2D eigenvalue weighted by molar-refractivity contribution is -0.666. The molecular weight excluding hydrogens is 176 g/mol. The molecule has 0 spiro atoms. The first-order valence-corrected chi connectivity index (χ1v) is 4.36. The van der Waals surface area contributed by atoms with E-state index in [9.17, 15) is 0 Å². The number of pyridine rings is 1. The maximum Gasteiger partial charge on any atom is 0.291 e. The molecule has 0 amide bonds. The van der Waals surface area contributed by atoms with Crippen molar-refractivity contribution in [3.63, 3.8) is 0 Å². The summed E-state index contributed by atoms with van der Waals surface area (Å²) in [5, 5.41) is 0. The molecule has 0 saturated heterocycles. The van der Waals surface area contributed by atoms with Crippen molar-refractivity contribution in [2.75, 3.05) is 0 Å². The van der Waals surface area contributed by atoms with E-state index in [-0.39, 0.29) is 0 Å². The molecule has 0 unspecified atom stereocenters. The van der Waals surface area contributed by atoms with Gasteiger partial charge in [-0.05, 0) is 18.6 Å². The first-order chi connectivity index (χ1) is 6.79. The Balaban J connectivity index is 2.61. The number of aryl methyl sites for hydroxylation is 2. The fraction of sp³-hybridized carbons (Fsp3) is 0.200. The van der Waals surface area contributed by atoms with Crippen LogP contribution in [0.1, 0.15) is 5.56 Å². The van der Waals surface area contributed by atoms with Gasteiger partial charge in [0.25, 0.3) is 12.2 Å². The molecule has 0 aromatic carbocycles. The van der Waals surface area contributed by atoms with Crippen LogP contribution in [0.2, 0.25) is 0 Å². The topological polar surface area (TPSA) is 42.6 Å². The molecule has 0 N–H and O–H groups in total. The molecule has 2 rings (SSSR count). The fourth-order valence-corrected chi connectivity index (χ4v) is 1.31. The van der Waals surface area contributed by atoms with Gasteiger partial charge >= 0.3 is 0 Å². The van der Waals surface area contributed by atoms with Gasteiger partial charge in [0.15, 0.2) is 0 Å². The van der Waals surface area contributed by atoms with Crippen LogP contribution >= 0.6 is 0 Å². The molecule has 14 heavy (non-hydrogen) atoms. The summed E-state index contributed by atoms with van der Waals surface area (Å²) in [5.41, 5.74) is 2.01. The van der Waals surface area contributed by atoms with Crippen LogP contribution in [-0.2, 0) is 7.05 Å². The minimum atomic E-state index is 0.832. The molecule has 2 heterocycles. The van der Waals surface area contributed by atoms with Gasteiger partial charge in [0.05, 0.1) is 7.05 Å². The molecule has 0 bridgehead atoms. The van der Waals surface area contributed by atoms with Crippen molar-refractivity contribution in [3.8, 4) is 11.5 Å². The van der Waals surface area contributed by atoms with Crippen LogP contribution < -0.4 is 4.57 Å². The summed E-state index contributed by atoms with van der Waals surface area (Å²) in [4.78, 5) is 12.4. The summed E-state index contributed by atoms with van der Waals surface area (Å²) < 4.78 is 1.86. The Hall–Kier alpha value is -1.84. The van der Waals surface area contributed by atoms with Crippen molar-refractivity contribution in [2.24, 2.45) is 7.05 Å². The molecule has 2 aromatic rings. The minimum absolute atomic E-state index is 0.832. The van der Waals surface area contributed by atoms with E-state index >= 15 is 0 Å². The third-order valence-corrected chi connectivity index (χ3v) is 2.04. The normalized spacial score (nSPS) is 10.1. The highest BCUT2D eigenvalue weighted by Gasteiger charge is 2.12. The fourth-order valence-electron chi connectivity index (χ4n) is 1.31. The molecule has 0 aliphatic rings. The van der Waals surface area contributed by atoms with E-state index in [1.165, 1.54) is 6.33 Å². The summed E-state index contributed by atoms with van der Waals surface area (Å²) >= 11 is 0. The maximum atomic E-state index is 4.30. The molecule has 2 aromatic heterocycles. The summed E-state index contributed by atoms with van der Waals surface area (Å²) in [7, 11) is 1.91. The molecule has 0 saturated carbocycles. The van der Waals surface area contributed by atoms with Gasteiger partial charge in [-0.25, -0.2) is 9.55 Å². The Morgan fingerprint density at radius 2 is 2.14 bits per heavy atom. The second kappa shape index (κ2) is 3.49. The number of hydrogen-bond donors (Lipinski definition) is 0. The Bertz CT molecular complexity index is 410. The van der Waals surface area contributed by atoms with Crippen molar-refractivity contribution >= 4 is 0 Å². The zero-order valence-corrected chi connectivity index (χ0v) is 8.18. The van der Waals surface area contributed by atoms with Crippen LogP contribution in [-0.4, -0.2) is 15.0 Å². The van der Waals surface area contributed by atoms with Gasteiger partial charge in [-0.15, -0.1) is 0 Å². The van der Waals surface area contributed by atoms with E-state index < -0.39 is 0 Å². The highest BCUT2D eigenvalue weighted by atomic mass is 15.1. The highest BCUT2D eigenvalue weighted by Crippen LogP contribution is 2.12. The Labute approximate surface area is 82.3 Å². The van der Waals surface area contributed by atoms with Crippen LogP contribution in [0.15, 0.2) is 31.0 Å². The van der Waals surface area contributed by atoms with Crippen molar-refractivity contribution < 1.29 is 4.57 Å². The molecule has 0 aliphatic heterocycles. The lowest BCUT2D eigenvalue weighted by Gasteiger charge is -2.00. The average Bonchev–Trinajstić information content (AvgIpc) is 2.20. The molecule has 4 heteroatoms. The van der Waals surface area contributed by atoms with Gasteiger partial charge in [-0.3, -0.25) is 0 Å². The smallest absolute Gasteiger partial charge is 0.249 e. The van der Waals surface area contributed by atoms with Crippen LogP contribution in [0.5, 0.6) is 0 Å². The van der Waals surface area contributed by atoms with Crippen LogP contribution in [0.4, 0.5) is 0 Å². The lowest BCUT2D eigenvalue weighted by atomic mass is 10.2. The lowest BCUT2D eigenvalue weighted by Crippen LogP contribution is -2.32. The van der Waals surface area contributed by atoms with Gasteiger partial charge in [0, 0.05) is 6.20 Å². The van der Waals surface area contributed by atoms with E-state index in [0.29, 0.717) is 0 Å². The van der Waals surface area contributed by atoms with Crippen LogP contribution in [0.25, 0.3) is 11.5 Å². The largest absolute Gasteiger partial charge is 0.291 e. The Morgan fingerprint density at radius 3 is 2.86 bits per heavy atom. The van der Waals surface area contributed by atoms with E-state index in [2.05, 4.69) is 15.0 Å². The average molecular weight is 187 g/mol. The molecule has 0 atom stereocenters. The minimum Gasteiger partial charge on any atom is -0.249 e. The van der Waals surface area contributed by atoms with Gasteiger partial charge in [-0.1, -0.05) is 16.0 Å². The predicted octanol–water partition coefficient (Wildman–Crippen LogP) is 0.672. The van der Waals surface area contributed by atoms with E-state index in [1.54, 1.807) is 12.5 Å². The monoisotopic (exact) mass is 187 g/mol. The summed E-state index contributed by atoms with van der Waals surface area (Å²) in [5.74, 6) is 0.832. The van der Waals surface area contributed by atoms with Gasteiger partial charge in [-0.2, -0.15) is 0 Å². The second-order valence-electron chi connectivity index (χ2n) is 3.11. The zero-order valence-electron chi connectivity index (χ0n) is 8.18. The maximum absolute atomic E-state index is 4.30. The Kier molecular flexibility index (Phi) is 2.18. The van der Waals surface area contributed by atoms with E-state index in [4.69, 9.17) is 0 Å². The predicted molar refractivity (Wildman–Crippen MR) is 51.2 cm³/mol. The highest BCUT2D eigenvalue weighted by molar-refractivity contribution is 5.50. The van der Waals surface area contributed by atoms with E-state index in [1.807, 2.05) is 30.7 Å². The number of rotatable bonds is 1. The molecule has 0 aliphatic carbocycles. The first kappa shape index (κ1) is 8.74. The molecule has 70 valence electrons. The first-order valence-electron chi connectivity index (χ1n) is 4.36. The molecule has 0 fully saturated rings.